The number of hydrogen-bond donors (Lipinski definition) is 0. The van der Waals surface area contributed by atoms with Gasteiger partial charge in [-0.3, -0.25) is 9.69 Å². The normalized spacial score (nSPS) is 29.0. The molecule has 0 aromatic heterocycles. The third-order valence-electron chi connectivity index (χ3n) is 6.07. The van der Waals surface area contributed by atoms with Crippen LogP contribution in [0.5, 0.6) is 0 Å². The molecule has 7 heteroatoms. The van der Waals surface area contributed by atoms with Crippen LogP contribution in [0.15, 0.2) is 30.3 Å². The van der Waals surface area contributed by atoms with Crippen molar-refractivity contribution in [2.24, 2.45) is 5.41 Å². The molecule has 1 aromatic rings. The highest BCUT2D eigenvalue weighted by molar-refractivity contribution is 7.89. The highest BCUT2D eigenvalue weighted by Crippen LogP contribution is 2.40. The Labute approximate surface area is 155 Å². The molecule has 0 radical (unpaired) electrons. The Balaban J connectivity index is 1.33. The lowest BCUT2D eigenvalue weighted by molar-refractivity contribution is -0.130. The van der Waals surface area contributed by atoms with Crippen LogP contribution in [0.25, 0.3) is 0 Å². The first kappa shape index (κ1) is 17.9. The van der Waals surface area contributed by atoms with Crippen LogP contribution < -0.4 is 0 Å². The standard InChI is InChI=1S/C19H27N3O3S/c23-18(14-22-9-4-12-26(22,24)25)21-11-8-19(16-21)7-10-20(15-19)13-17-5-2-1-3-6-17/h1-3,5-6H,4,7-16H2. The fourth-order valence-corrected chi connectivity index (χ4v) is 6.07. The zero-order valence-corrected chi connectivity index (χ0v) is 16.0. The Kier molecular flexibility index (Phi) is 4.79. The molecular formula is C19H27N3O3S. The molecule has 142 valence electrons. The molecule has 3 saturated heterocycles. The number of likely N-dealkylation sites (tertiary alicyclic amines) is 2. The van der Waals surface area contributed by atoms with Gasteiger partial charge in [-0.2, -0.15) is 4.31 Å². The van der Waals surface area contributed by atoms with E-state index < -0.39 is 10.0 Å². The lowest BCUT2D eigenvalue weighted by atomic mass is 9.86. The molecule has 0 aliphatic carbocycles. The van der Waals surface area contributed by atoms with Gasteiger partial charge >= 0.3 is 0 Å². The summed E-state index contributed by atoms with van der Waals surface area (Å²) in [7, 11) is -3.20. The van der Waals surface area contributed by atoms with Crippen molar-refractivity contribution in [1.82, 2.24) is 14.1 Å². The predicted molar refractivity (Wildman–Crippen MR) is 99.9 cm³/mol. The molecule has 3 heterocycles. The quantitative estimate of drug-likeness (QED) is 0.790. The Bertz CT molecular complexity index is 767. The Morgan fingerprint density at radius 3 is 2.54 bits per heavy atom. The first-order valence-electron chi connectivity index (χ1n) is 9.48. The fourth-order valence-electron chi connectivity index (χ4n) is 4.61. The van der Waals surface area contributed by atoms with E-state index in [2.05, 4.69) is 29.2 Å². The van der Waals surface area contributed by atoms with E-state index in [1.165, 1.54) is 9.87 Å². The maximum absolute atomic E-state index is 12.6. The summed E-state index contributed by atoms with van der Waals surface area (Å²) in [6, 6.07) is 10.5. The van der Waals surface area contributed by atoms with Gasteiger partial charge in [-0.25, -0.2) is 8.42 Å². The molecule has 1 unspecified atom stereocenters. The fraction of sp³-hybridized carbons (Fsp3) is 0.632. The number of carbonyl (C=O) groups is 1. The van der Waals surface area contributed by atoms with E-state index in [4.69, 9.17) is 0 Å². The average molecular weight is 378 g/mol. The average Bonchev–Trinajstić information content (AvgIpc) is 3.30. The van der Waals surface area contributed by atoms with Crippen molar-refractivity contribution < 1.29 is 13.2 Å². The SMILES string of the molecule is O=C(CN1CCCS1(=O)=O)N1CCC2(CCN(Cc3ccccc3)C2)C1. The minimum Gasteiger partial charge on any atom is -0.341 e. The van der Waals surface area contributed by atoms with Crippen LogP contribution >= 0.6 is 0 Å². The summed E-state index contributed by atoms with van der Waals surface area (Å²) < 4.78 is 25.2. The maximum Gasteiger partial charge on any atom is 0.237 e. The third kappa shape index (κ3) is 3.66. The highest BCUT2D eigenvalue weighted by atomic mass is 32.2. The molecule has 3 aliphatic rings. The van der Waals surface area contributed by atoms with Crippen molar-refractivity contribution in [3.63, 3.8) is 0 Å². The van der Waals surface area contributed by atoms with Crippen LogP contribution in [-0.4, -0.2) is 73.5 Å². The first-order valence-corrected chi connectivity index (χ1v) is 11.1. The van der Waals surface area contributed by atoms with Gasteiger partial charge in [0.05, 0.1) is 12.3 Å². The second kappa shape index (κ2) is 6.94. The molecule has 1 amide bonds. The number of carbonyl (C=O) groups excluding carboxylic acids is 1. The summed E-state index contributed by atoms with van der Waals surface area (Å²) in [6.07, 6.45) is 2.77. The molecule has 1 atom stereocenters. The summed E-state index contributed by atoms with van der Waals surface area (Å²) in [5.74, 6) is 0.146. The summed E-state index contributed by atoms with van der Waals surface area (Å²) in [6.45, 7) is 5.08. The minimum atomic E-state index is -3.20. The van der Waals surface area contributed by atoms with E-state index in [0.29, 0.717) is 13.0 Å². The molecule has 4 rings (SSSR count). The topological polar surface area (TPSA) is 60.9 Å². The van der Waals surface area contributed by atoms with Gasteiger partial charge in [-0.1, -0.05) is 30.3 Å². The summed E-state index contributed by atoms with van der Waals surface area (Å²) in [4.78, 5) is 17.0. The molecule has 3 aliphatic heterocycles. The predicted octanol–water partition coefficient (Wildman–Crippen LogP) is 1.15. The van der Waals surface area contributed by atoms with Gasteiger partial charge < -0.3 is 4.90 Å². The molecular weight excluding hydrogens is 350 g/mol. The van der Waals surface area contributed by atoms with Crippen LogP contribution in [-0.2, 0) is 21.4 Å². The van der Waals surface area contributed by atoms with Crippen LogP contribution in [0.3, 0.4) is 0 Å². The van der Waals surface area contributed by atoms with E-state index in [9.17, 15) is 13.2 Å². The number of hydrogen-bond acceptors (Lipinski definition) is 4. The van der Waals surface area contributed by atoms with Gasteiger partial charge in [0.25, 0.3) is 0 Å². The molecule has 26 heavy (non-hydrogen) atoms. The van der Waals surface area contributed by atoms with Crippen molar-refractivity contribution in [3.05, 3.63) is 35.9 Å². The number of benzene rings is 1. The van der Waals surface area contributed by atoms with E-state index in [1.54, 1.807) is 0 Å². The first-order chi connectivity index (χ1) is 12.5. The van der Waals surface area contributed by atoms with E-state index in [-0.39, 0.29) is 23.6 Å². The van der Waals surface area contributed by atoms with Crippen LogP contribution in [0.4, 0.5) is 0 Å². The van der Waals surface area contributed by atoms with Gasteiger partial charge in [-0.15, -0.1) is 0 Å². The molecule has 1 spiro atoms. The summed E-state index contributed by atoms with van der Waals surface area (Å²) in [5, 5.41) is 0. The van der Waals surface area contributed by atoms with Gasteiger partial charge in [0.1, 0.15) is 0 Å². The lowest BCUT2D eigenvalue weighted by Crippen LogP contribution is -2.41. The lowest BCUT2D eigenvalue weighted by Gasteiger charge is -2.25. The molecule has 3 fully saturated rings. The Morgan fingerprint density at radius 1 is 1.04 bits per heavy atom. The molecule has 0 N–H and O–H groups in total. The van der Waals surface area contributed by atoms with Crippen molar-refractivity contribution in [3.8, 4) is 0 Å². The summed E-state index contributed by atoms with van der Waals surface area (Å²) in [5.41, 5.74) is 1.52. The summed E-state index contributed by atoms with van der Waals surface area (Å²) >= 11 is 0. The molecule has 6 nitrogen and oxygen atoms in total. The van der Waals surface area contributed by atoms with E-state index in [1.807, 2.05) is 11.0 Å². The second-order valence-electron chi connectivity index (χ2n) is 8.01. The van der Waals surface area contributed by atoms with Crippen LogP contribution in [0.2, 0.25) is 0 Å². The highest BCUT2D eigenvalue weighted by Gasteiger charge is 2.45. The number of nitrogens with zero attached hydrogens (tertiary/aromatic N) is 3. The van der Waals surface area contributed by atoms with Crippen molar-refractivity contribution in [2.75, 3.05) is 45.0 Å². The Morgan fingerprint density at radius 2 is 1.81 bits per heavy atom. The third-order valence-corrected chi connectivity index (χ3v) is 7.98. The number of sulfonamides is 1. The molecule has 0 saturated carbocycles. The van der Waals surface area contributed by atoms with E-state index >= 15 is 0 Å². The minimum absolute atomic E-state index is 0.0200. The van der Waals surface area contributed by atoms with Crippen molar-refractivity contribution in [2.45, 2.75) is 25.8 Å². The van der Waals surface area contributed by atoms with Crippen LogP contribution in [0.1, 0.15) is 24.8 Å². The second-order valence-corrected chi connectivity index (χ2v) is 10.1. The molecule has 0 bridgehead atoms. The van der Waals surface area contributed by atoms with Crippen LogP contribution in [0, 0.1) is 5.41 Å². The monoisotopic (exact) mass is 377 g/mol. The maximum atomic E-state index is 12.6. The number of rotatable bonds is 4. The zero-order chi connectivity index (χ0) is 18.2. The number of amides is 1. The van der Waals surface area contributed by atoms with Crippen molar-refractivity contribution in [1.29, 1.82) is 0 Å². The van der Waals surface area contributed by atoms with E-state index in [0.717, 1.165) is 45.6 Å². The van der Waals surface area contributed by atoms with Gasteiger partial charge in [0.2, 0.25) is 15.9 Å². The van der Waals surface area contributed by atoms with Crippen molar-refractivity contribution >= 4 is 15.9 Å². The smallest absolute Gasteiger partial charge is 0.237 e. The Hall–Kier alpha value is -1.44. The molecule has 1 aromatic carbocycles. The van der Waals surface area contributed by atoms with Gasteiger partial charge in [0, 0.05) is 38.1 Å². The van der Waals surface area contributed by atoms with Gasteiger partial charge in [-0.05, 0) is 31.4 Å². The van der Waals surface area contributed by atoms with Gasteiger partial charge in [0.15, 0.2) is 0 Å². The zero-order valence-electron chi connectivity index (χ0n) is 15.1. The largest absolute Gasteiger partial charge is 0.341 e.